The molecule has 0 saturated carbocycles. The molecule has 140 valence electrons. The predicted octanol–water partition coefficient (Wildman–Crippen LogP) is 3.45. The second-order valence-corrected chi connectivity index (χ2v) is 6.70. The average Bonchev–Trinajstić information content (AvgIpc) is 3.47. The van der Waals surface area contributed by atoms with Gasteiger partial charge in [0.15, 0.2) is 0 Å². The van der Waals surface area contributed by atoms with Crippen LogP contribution in [-0.4, -0.2) is 37.7 Å². The van der Waals surface area contributed by atoms with Crippen molar-refractivity contribution >= 4 is 22.6 Å². The summed E-state index contributed by atoms with van der Waals surface area (Å²) < 4.78 is 5.69. The molecule has 28 heavy (non-hydrogen) atoms. The molecular formula is C20H18N6O2. The number of pyridine rings is 1. The maximum atomic E-state index is 12.8. The minimum Gasteiger partial charge on any atom is -0.370 e. The minimum atomic E-state index is -0.237. The molecule has 8 nitrogen and oxygen atoms in total. The standard InChI is InChI=1S/C20H18N6O2/c27-20(14-11-22-26-18(14)12-5-7-21-8-6-12)23-13-3-4-15-16(10-13)25-19(24-15)17-2-1-9-28-17/h3-8,10-11,17H,1-2,9H2,(H,22,26)(H,23,27)(H,24,25). The molecule has 1 aliphatic heterocycles. The SMILES string of the molecule is O=C(Nc1ccc2nc(C3CCCO3)[nH]c2c1)c1cn[nH]c1-c1ccncc1. The number of fused-ring (bicyclic) bond motifs is 1. The molecule has 4 aromatic rings. The molecule has 4 heterocycles. The zero-order chi connectivity index (χ0) is 18.9. The number of amides is 1. The van der Waals surface area contributed by atoms with Crippen LogP contribution in [0.4, 0.5) is 5.69 Å². The van der Waals surface area contributed by atoms with E-state index in [-0.39, 0.29) is 12.0 Å². The van der Waals surface area contributed by atoms with Crippen molar-refractivity contribution in [1.29, 1.82) is 0 Å². The summed E-state index contributed by atoms with van der Waals surface area (Å²) in [5.41, 5.74) is 4.37. The molecule has 1 atom stereocenters. The van der Waals surface area contributed by atoms with Crippen LogP contribution >= 0.6 is 0 Å². The van der Waals surface area contributed by atoms with Crippen LogP contribution in [0.1, 0.15) is 35.1 Å². The first kappa shape index (κ1) is 16.6. The van der Waals surface area contributed by atoms with Gasteiger partial charge in [0, 0.05) is 30.3 Å². The lowest BCUT2D eigenvalue weighted by Crippen LogP contribution is -2.12. The molecule has 1 aliphatic rings. The molecule has 0 radical (unpaired) electrons. The summed E-state index contributed by atoms with van der Waals surface area (Å²) in [5.74, 6) is 0.601. The number of nitrogens with zero attached hydrogens (tertiary/aromatic N) is 3. The zero-order valence-electron chi connectivity index (χ0n) is 15.0. The summed E-state index contributed by atoms with van der Waals surface area (Å²) in [4.78, 5) is 24.7. The van der Waals surface area contributed by atoms with E-state index in [2.05, 4.69) is 30.5 Å². The number of H-pyrrole nitrogens is 2. The van der Waals surface area contributed by atoms with Gasteiger partial charge < -0.3 is 15.0 Å². The molecule has 1 saturated heterocycles. The Kier molecular flexibility index (Phi) is 4.10. The van der Waals surface area contributed by atoms with Gasteiger partial charge in [0.1, 0.15) is 11.9 Å². The van der Waals surface area contributed by atoms with Crippen molar-refractivity contribution in [3.63, 3.8) is 0 Å². The number of ether oxygens (including phenoxy) is 1. The molecule has 0 bridgehead atoms. The summed E-state index contributed by atoms with van der Waals surface area (Å²) in [6, 6.07) is 9.26. The molecule has 1 amide bonds. The van der Waals surface area contributed by atoms with Crippen LogP contribution in [0.2, 0.25) is 0 Å². The predicted molar refractivity (Wildman–Crippen MR) is 104 cm³/mol. The number of nitrogens with one attached hydrogen (secondary N) is 3. The van der Waals surface area contributed by atoms with E-state index in [1.807, 2.05) is 30.3 Å². The van der Waals surface area contributed by atoms with Gasteiger partial charge in [-0.3, -0.25) is 14.9 Å². The zero-order valence-corrected chi connectivity index (χ0v) is 15.0. The highest BCUT2D eigenvalue weighted by atomic mass is 16.5. The molecule has 0 spiro atoms. The van der Waals surface area contributed by atoms with Crippen molar-refractivity contribution in [2.24, 2.45) is 0 Å². The summed E-state index contributed by atoms with van der Waals surface area (Å²) in [6.45, 7) is 0.771. The van der Waals surface area contributed by atoms with Crippen LogP contribution < -0.4 is 5.32 Å². The molecule has 3 N–H and O–H groups in total. The molecule has 1 aromatic carbocycles. The lowest BCUT2D eigenvalue weighted by molar-refractivity contribution is 0.102. The maximum absolute atomic E-state index is 12.8. The minimum absolute atomic E-state index is 0.0271. The number of aromatic amines is 2. The first-order valence-corrected chi connectivity index (χ1v) is 9.14. The Hall–Kier alpha value is -3.52. The Bertz CT molecular complexity index is 1130. The fourth-order valence-electron chi connectivity index (χ4n) is 3.45. The van der Waals surface area contributed by atoms with E-state index in [4.69, 9.17) is 4.74 Å². The van der Waals surface area contributed by atoms with Gasteiger partial charge in [-0.1, -0.05) is 0 Å². The smallest absolute Gasteiger partial charge is 0.259 e. The van der Waals surface area contributed by atoms with Gasteiger partial charge in [0.25, 0.3) is 5.91 Å². The second kappa shape index (κ2) is 6.90. The number of anilines is 1. The lowest BCUT2D eigenvalue weighted by atomic mass is 10.1. The van der Waals surface area contributed by atoms with Crippen molar-refractivity contribution in [3.05, 3.63) is 60.3 Å². The quantitative estimate of drug-likeness (QED) is 0.507. The Morgan fingerprint density at radius 1 is 1.21 bits per heavy atom. The number of carbonyl (C=O) groups is 1. The van der Waals surface area contributed by atoms with Crippen LogP contribution in [0.25, 0.3) is 22.3 Å². The van der Waals surface area contributed by atoms with Crippen molar-refractivity contribution in [2.45, 2.75) is 18.9 Å². The average molecular weight is 374 g/mol. The number of hydrogen-bond donors (Lipinski definition) is 3. The summed E-state index contributed by atoms with van der Waals surface area (Å²) >= 11 is 0. The summed E-state index contributed by atoms with van der Waals surface area (Å²) in [5, 5.41) is 9.84. The number of carbonyl (C=O) groups excluding carboxylic acids is 1. The number of hydrogen-bond acceptors (Lipinski definition) is 5. The molecule has 5 rings (SSSR count). The van der Waals surface area contributed by atoms with Crippen molar-refractivity contribution in [2.75, 3.05) is 11.9 Å². The summed E-state index contributed by atoms with van der Waals surface area (Å²) in [6.07, 6.45) is 6.93. The second-order valence-electron chi connectivity index (χ2n) is 6.70. The van der Waals surface area contributed by atoms with Crippen LogP contribution in [0.3, 0.4) is 0 Å². The third-order valence-corrected chi connectivity index (χ3v) is 4.85. The van der Waals surface area contributed by atoms with E-state index >= 15 is 0 Å². The lowest BCUT2D eigenvalue weighted by Gasteiger charge is -2.06. The number of benzene rings is 1. The largest absolute Gasteiger partial charge is 0.370 e. The van der Waals surface area contributed by atoms with Crippen molar-refractivity contribution in [3.8, 4) is 11.3 Å². The van der Waals surface area contributed by atoms with Crippen molar-refractivity contribution < 1.29 is 9.53 Å². The highest BCUT2D eigenvalue weighted by Crippen LogP contribution is 2.29. The van der Waals surface area contributed by atoms with Gasteiger partial charge in [0.2, 0.25) is 0 Å². The first-order chi connectivity index (χ1) is 13.8. The van der Waals surface area contributed by atoms with E-state index in [0.29, 0.717) is 16.9 Å². The first-order valence-electron chi connectivity index (χ1n) is 9.14. The Balaban J connectivity index is 1.39. The van der Waals surface area contributed by atoms with Gasteiger partial charge in [-0.25, -0.2) is 4.98 Å². The topological polar surface area (TPSA) is 109 Å². The number of aromatic nitrogens is 5. The Morgan fingerprint density at radius 2 is 2.11 bits per heavy atom. The van der Waals surface area contributed by atoms with Crippen molar-refractivity contribution in [1.82, 2.24) is 25.1 Å². The van der Waals surface area contributed by atoms with Gasteiger partial charge in [-0.15, -0.1) is 0 Å². The fourth-order valence-corrected chi connectivity index (χ4v) is 3.45. The Labute approximate surface area is 160 Å². The molecule has 8 heteroatoms. The summed E-state index contributed by atoms with van der Waals surface area (Å²) in [7, 11) is 0. The van der Waals surface area contributed by atoms with Gasteiger partial charge >= 0.3 is 0 Å². The molecule has 0 aliphatic carbocycles. The third kappa shape index (κ3) is 3.03. The van der Waals surface area contributed by atoms with E-state index in [0.717, 1.165) is 41.9 Å². The van der Waals surface area contributed by atoms with Crippen LogP contribution in [0.15, 0.2) is 48.9 Å². The van der Waals surface area contributed by atoms with E-state index in [1.165, 1.54) is 6.20 Å². The van der Waals surface area contributed by atoms with Crippen LogP contribution in [0, 0.1) is 0 Å². The third-order valence-electron chi connectivity index (χ3n) is 4.85. The van der Waals surface area contributed by atoms with Gasteiger partial charge in [-0.05, 0) is 43.2 Å². The van der Waals surface area contributed by atoms with Gasteiger partial charge in [0.05, 0.1) is 28.5 Å². The molecule has 3 aromatic heterocycles. The van der Waals surface area contributed by atoms with E-state index < -0.39 is 0 Å². The normalized spacial score (nSPS) is 16.5. The number of rotatable bonds is 4. The highest BCUT2D eigenvalue weighted by Gasteiger charge is 2.21. The van der Waals surface area contributed by atoms with Gasteiger partial charge in [-0.2, -0.15) is 5.10 Å². The molecule has 1 fully saturated rings. The monoisotopic (exact) mass is 374 g/mol. The number of imidazole rings is 1. The molecule has 1 unspecified atom stereocenters. The highest BCUT2D eigenvalue weighted by molar-refractivity contribution is 6.08. The van der Waals surface area contributed by atoms with E-state index in [9.17, 15) is 4.79 Å². The van der Waals surface area contributed by atoms with Crippen LogP contribution in [-0.2, 0) is 4.74 Å². The van der Waals surface area contributed by atoms with Crippen LogP contribution in [0.5, 0.6) is 0 Å². The fraction of sp³-hybridized carbons (Fsp3) is 0.200. The maximum Gasteiger partial charge on any atom is 0.259 e. The van der Waals surface area contributed by atoms with E-state index in [1.54, 1.807) is 12.4 Å². The molecular weight excluding hydrogens is 356 g/mol. The Morgan fingerprint density at radius 3 is 2.93 bits per heavy atom.